The summed E-state index contributed by atoms with van der Waals surface area (Å²) in [7, 11) is 0. The number of amidine groups is 1. The number of benzene rings is 1. The summed E-state index contributed by atoms with van der Waals surface area (Å²) < 4.78 is 0.801. The van der Waals surface area contributed by atoms with Gasteiger partial charge in [-0.25, -0.2) is 0 Å². The molecule has 1 fully saturated rings. The molecular formula is C14H18BrN3O2. The van der Waals surface area contributed by atoms with Gasteiger partial charge in [-0.3, -0.25) is 4.79 Å². The van der Waals surface area contributed by atoms with Crippen LogP contribution in [-0.4, -0.2) is 34.9 Å². The van der Waals surface area contributed by atoms with Gasteiger partial charge in [-0.05, 0) is 40.9 Å². The Morgan fingerprint density at radius 2 is 2.00 bits per heavy atom. The van der Waals surface area contributed by atoms with Gasteiger partial charge in [0.1, 0.15) is 5.84 Å². The first-order valence-corrected chi connectivity index (χ1v) is 7.29. The Morgan fingerprint density at radius 3 is 2.55 bits per heavy atom. The first-order chi connectivity index (χ1) is 9.48. The number of nitrogens with two attached hydrogens (primary N) is 1. The van der Waals surface area contributed by atoms with E-state index in [0.717, 1.165) is 4.47 Å². The molecule has 1 aliphatic heterocycles. The van der Waals surface area contributed by atoms with Crippen LogP contribution in [0.15, 0.2) is 33.9 Å². The van der Waals surface area contributed by atoms with E-state index >= 15 is 0 Å². The van der Waals surface area contributed by atoms with E-state index in [2.05, 4.69) is 21.1 Å². The summed E-state index contributed by atoms with van der Waals surface area (Å²) in [5.41, 5.74) is 6.06. The molecule has 1 aromatic carbocycles. The summed E-state index contributed by atoms with van der Waals surface area (Å²) in [5.74, 6) is 0.254. The predicted octanol–water partition coefficient (Wildman–Crippen LogP) is 2.44. The SMILES string of the molecule is CC1(/C(N)=N/O)CCN(C(=O)c2ccccc2Br)CC1. The Balaban J connectivity index is 2.08. The fourth-order valence-corrected chi connectivity index (χ4v) is 2.84. The molecular weight excluding hydrogens is 322 g/mol. The van der Waals surface area contributed by atoms with E-state index in [9.17, 15) is 4.79 Å². The molecule has 0 atom stereocenters. The third-order valence-electron chi connectivity index (χ3n) is 3.98. The van der Waals surface area contributed by atoms with Crippen LogP contribution in [0.3, 0.4) is 0 Å². The summed E-state index contributed by atoms with van der Waals surface area (Å²) in [6.07, 6.45) is 1.39. The van der Waals surface area contributed by atoms with Crippen LogP contribution in [0.2, 0.25) is 0 Å². The van der Waals surface area contributed by atoms with Crippen LogP contribution in [0, 0.1) is 5.41 Å². The summed E-state index contributed by atoms with van der Waals surface area (Å²) in [6.45, 7) is 3.17. The fraction of sp³-hybridized carbons (Fsp3) is 0.429. The van der Waals surface area contributed by atoms with E-state index in [0.29, 0.717) is 31.5 Å². The molecule has 1 aliphatic rings. The van der Waals surface area contributed by atoms with Crippen molar-refractivity contribution in [2.75, 3.05) is 13.1 Å². The zero-order valence-electron chi connectivity index (χ0n) is 11.3. The molecule has 6 heteroatoms. The van der Waals surface area contributed by atoms with Crippen LogP contribution in [-0.2, 0) is 0 Å². The largest absolute Gasteiger partial charge is 0.409 e. The quantitative estimate of drug-likeness (QED) is 0.376. The zero-order valence-corrected chi connectivity index (χ0v) is 12.9. The normalized spacial score (nSPS) is 18.9. The zero-order chi connectivity index (χ0) is 14.8. The number of halogens is 1. The van der Waals surface area contributed by atoms with Crippen LogP contribution in [0.4, 0.5) is 0 Å². The van der Waals surface area contributed by atoms with E-state index in [-0.39, 0.29) is 17.2 Å². The van der Waals surface area contributed by atoms with E-state index in [1.54, 1.807) is 0 Å². The Labute approximate surface area is 126 Å². The van der Waals surface area contributed by atoms with E-state index in [1.807, 2.05) is 36.1 Å². The first kappa shape index (κ1) is 14.8. The van der Waals surface area contributed by atoms with Crippen molar-refractivity contribution in [1.82, 2.24) is 4.90 Å². The second-order valence-corrected chi connectivity index (χ2v) is 6.17. The smallest absolute Gasteiger partial charge is 0.254 e. The van der Waals surface area contributed by atoms with Gasteiger partial charge in [-0.2, -0.15) is 0 Å². The van der Waals surface area contributed by atoms with Crippen molar-refractivity contribution in [2.45, 2.75) is 19.8 Å². The van der Waals surface area contributed by atoms with Crippen molar-refractivity contribution in [2.24, 2.45) is 16.3 Å². The van der Waals surface area contributed by atoms with Gasteiger partial charge in [-0.1, -0.05) is 24.2 Å². The first-order valence-electron chi connectivity index (χ1n) is 6.50. The summed E-state index contributed by atoms with van der Waals surface area (Å²) in [4.78, 5) is 14.3. The van der Waals surface area contributed by atoms with Crippen molar-refractivity contribution in [3.63, 3.8) is 0 Å². The second kappa shape index (κ2) is 5.83. The fourth-order valence-electron chi connectivity index (χ4n) is 2.39. The highest BCUT2D eigenvalue weighted by molar-refractivity contribution is 9.10. The number of likely N-dealkylation sites (tertiary alicyclic amines) is 1. The van der Waals surface area contributed by atoms with Crippen molar-refractivity contribution in [1.29, 1.82) is 0 Å². The topological polar surface area (TPSA) is 78.9 Å². The average molecular weight is 340 g/mol. The third-order valence-corrected chi connectivity index (χ3v) is 4.68. The lowest BCUT2D eigenvalue weighted by atomic mass is 9.79. The van der Waals surface area contributed by atoms with Gasteiger partial charge in [0, 0.05) is 23.0 Å². The van der Waals surface area contributed by atoms with E-state index in [1.165, 1.54) is 0 Å². The third kappa shape index (κ3) is 2.80. The maximum absolute atomic E-state index is 12.5. The molecule has 0 radical (unpaired) electrons. The standard InChI is InChI=1S/C14H18BrN3O2/c1-14(13(16)17-20)6-8-18(9-7-14)12(19)10-4-2-3-5-11(10)15/h2-5,20H,6-9H2,1H3,(H2,16,17). The number of carbonyl (C=O) groups is 1. The molecule has 1 heterocycles. The van der Waals surface area contributed by atoms with Crippen LogP contribution >= 0.6 is 15.9 Å². The van der Waals surface area contributed by atoms with Crippen LogP contribution in [0.5, 0.6) is 0 Å². The molecule has 3 N–H and O–H groups in total. The Morgan fingerprint density at radius 1 is 1.40 bits per heavy atom. The number of piperidine rings is 1. The van der Waals surface area contributed by atoms with Gasteiger partial charge >= 0.3 is 0 Å². The maximum Gasteiger partial charge on any atom is 0.254 e. The molecule has 0 aromatic heterocycles. The summed E-state index contributed by atoms with van der Waals surface area (Å²) in [6, 6.07) is 7.40. The number of amides is 1. The maximum atomic E-state index is 12.5. The molecule has 5 nitrogen and oxygen atoms in total. The molecule has 1 amide bonds. The number of carbonyl (C=O) groups excluding carboxylic acids is 1. The lowest BCUT2D eigenvalue weighted by molar-refractivity contribution is 0.0665. The van der Waals surface area contributed by atoms with Gasteiger partial charge in [0.15, 0.2) is 0 Å². The molecule has 1 saturated heterocycles. The van der Waals surface area contributed by atoms with Gasteiger partial charge in [0.05, 0.1) is 5.56 Å². The van der Waals surface area contributed by atoms with Gasteiger partial charge in [0.2, 0.25) is 0 Å². The van der Waals surface area contributed by atoms with Crippen LogP contribution < -0.4 is 5.73 Å². The van der Waals surface area contributed by atoms with E-state index in [4.69, 9.17) is 10.9 Å². The highest BCUT2D eigenvalue weighted by atomic mass is 79.9. The Hall–Kier alpha value is -1.56. The number of nitrogens with zero attached hydrogens (tertiary/aromatic N) is 2. The Bertz CT molecular complexity index is 537. The molecule has 0 spiro atoms. The monoisotopic (exact) mass is 339 g/mol. The van der Waals surface area contributed by atoms with Crippen molar-refractivity contribution in [3.05, 3.63) is 34.3 Å². The number of rotatable bonds is 2. The molecule has 1 aromatic rings. The molecule has 2 rings (SSSR count). The lowest BCUT2D eigenvalue weighted by Crippen LogP contribution is -2.47. The molecule has 0 aliphatic carbocycles. The van der Waals surface area contributed by atoms with Crippen LogP contribution in [0.25, 0.3) is 0 Å². The average Bonchev–Trinajstić information content (AvgIpc) is 2.47. The van der Waals surface area contributed by atoms with Gasteiger partial charge in [0.25, 0.3) is 5.91 Å². The minimum Gasteiger partial charge on any atom is -0.409 e. The molecule has 0 bridgehead atoms. The van der Waals surface area contributed by atoms with E-state index < -0.39 is 0 Å². The molecule has 0 unspecified atom stereocenters. The van der Waals surface area contributed by atoms with Crippen LogP contribution in [0.1, 0.15) is 30.1 Å². The minimum absolute atomic E-state index is 0.0130. The highest BCUT2D eigenvalue weighted by Gasteiger charge is 2.36. The molecule has 20 heavy (non-hydrogen) atoms. The van der Waals surface area contributed by atoms with Gasteiger partial charge < -0.3 is 15.8 Å². The molecule has 108 valence electrons. The Kier molecular flexibility index (Phi) is 4.32. The highest BCUT2D eigenvalue weighted by Crippen LogP contribution is 2.32. The second-order valence-electron chi connectivity index (χ2n) is 5.32. The summed E-state index contributed by atoms with van der Waals surface area (Å²) in [5, 5.41) is 11.9. The molecule has 0 saturated carbocycles. The number of hydrogen-bond acceptors (Lipinski definition) is 3. The lowest BCUT2D eigenvalue weighted by Gasteiger charge is -2.38. The van der Waals surface area contributed by atoms with Crippen molar-refractivity contribution in [3.8, 4) is 0 Å². The number of oxime groups is 1. The van der Waals surface area contributed by atoms with Crippen molar-refractivity contribution >= 4 is 27.7 Å². The number of hydrogen-bond donors (Lipinski definition) is 2. The minimum atomic E-state index is -0.334. The van der Waals surface area contributed by atoms with Gasteiger partial charge in [-0.15, -0.1) is 0 Å². The van der Waals surface area contributed by atoms with Crippen molar-refractivity contribution < 1.29 is 10.0 Å². The predicted molar refractivity (Wildman–Crippen MR) is 80.8 cm³/mol. The summed E-state index contributed by atoms with van der Waals surface area (Å²) >= 11 is 3.40.